The minimum absolute atomic E-state index is 0.0206. The van der Waals surface area contributed by atoms with Crippen molar-refractivity contribution in [3.63, 3.8) is 0 Å². The molecule has 29 heavy (non-hydrogen) atoms. The lowest BCUT2D eigenvalue weighted by molar-refractivity contribution is 0.0702. The number of benzene rings is 1. The molecular formula is C19H20N4O3S3. The highest BCUT2D eigenvalue weighted by molar-refractivity contribution is 7.89. The van der Waals surface area contributed by atoms with E-state index in [9.17, 15) is 13.2 Å². The second-order valence-corrected chi connectivity index (χ2v) is 10.9. The first-order valence-corrected chi connectivity index (χ1v) is 12.6. The van der Waals surface area contributed by atoms with Gasteiger partial charge in [0.15, 0.2) is 0 Å². The summed E-state index contributed by atoms with van der Waals surface area (Å²) in [4.78, 5) is 17.0. The van der Waals surface area contributed by atoms with Crippen LogP contribution >= 0.6 is 23.1 Å². The van der Waals surface area contributed by atoms with E-state index in [1.165, 1.54) is 27.6 Å². The van der Waals surface area contributed by atoms with Crippen molar-refractivity contribution < 1.29 is 13.2 Å². The smallest absolute Gasteiger partial charge is 0.264 e. The van der Waals surface area contributed by atoms with Crippen LogP contribution in [0.1, 0.15) is 33.0 Å². The zero-order valence-electron chi connectivity index (χ0n) is 15.7. The zero-order valence-corrected chi connectivity index (χ0v) is 18.2. The van der Waals surface area contributed by atoms with Crippen molar-refractivity contribution in [2.45, 2.75) is 30.6 Å². The van der Waals surface area contributed by atoms with E-state index >= 15 is 0 Å². The van der Waals surface area contributed by atoms with Crippen molar-refractivity contribution in [3.8, 4) is 0 Å². The van der Waals surface area contributed by atoms with Gasteiger partial charge in [-0.3, -0.25) is 4.79 Å². The van der Waals surface area contributed by atoms with Gasteiger partial charge in [-0.05, 0) is 49.4 Å². The summed E-state index contributed by atoms with van der Waals surface area (Å²) in [5, 5.41) is 0. The van der Waals surface area contributed by atoms with E-state index < -0.39 is 10.0 Å². The first-order chi connectivity index (χ1) is 14.0. The Morgan fingerprint density at radius 1 is 1.03 bits per heavy atom. The van der Waals surface area contributed by atoms with Crippen LogP contribution in [0.5, 0.6) is 0 Å². The topological polar surface area (TPSA) is 83.5 Å². The number of aryl methyl sites for hydroxylation is 2. The summed E-state index contributed by atoms with van der Waals surface area (Å²) >= 11 is 2.61. The van der Waals surface area contributed by atoms with E-state index in [2.05, 4.69) is 8.75 Å². The van der Waals surface area contributed by atoms with Gasteiger partial charge >= 0.3 is 0 Å². The molecule has 5 rings (SSSR count). The van der Waals surface area contributed by atoms with E-state index in [-0.39, 0.29) is 23.9 Å². The van der Waals surface area contributed by atoms with Crippen molar-refractivity contribution >= 4 is 50.0 Å². The van der Waals surface area contributed by atoms with Crippen molar-refractivity contribution in [2.24, 2.45) is 0 Å². The molecule has 1 aromatic carbocycles. The molecular weight excluding hydrogens is 428 g/mol. The fraction of sp³-hybridized carbons (Fsp3) is 0.421. The highest BCUT2D eigenvalue weighted by Gasteiger charge is 2.32. The highest BCUT2D eigenvalue weighted by atomic mass is 32.2. The predicted octanol–water partition coefficient (Wildman–Crippen LogP) is 2.78. The molecule has 3 aromatic rings. The van der Waals surface area contributed by atoms with E-state index in [1.807, 2.05) is 6.07 Å². The average Bonchev–Trinajstić information content (AvgIpc) is 3.39. The van der Waals surface area contributed by atoms with Crippen molar-refractivity contribution in [1.29, 1.82) is 0 Å². The molecule has 0 saturated carbocycles. The molecule has 0 atom stereocenters. The van der Waals surface area contributed by atoms with Gasteiger partial charge in [-0.1, -0.05) is 6.07 Å². The highest BCUT2D eigenvalue weighted by Crippen LogP contribution is 2.31. The molecule has 3 heterocycles. The minimum atomic E-state index is -3.67. The van der Waals surface area contributed by atoms with Crippen LogP contribution in [-0.4, -0.2) is 58.5 Å². The number of sulfonamides is 1. The number of amides is 1. The van der Waals surface area contributed by atoms with Gasteiger partial charge in [-0.2, -0.15) is 13.1 Å². The van der Waals surface area contributed by atoms with Gasteiger partial charge in [0.25, 0.3) is 5.91 Å². The van der Waals surface area contributed by atoms with Crippen LogP contribution in [0.3, 0.4) is 0 Å². The summed E-state index contributed by atoms with van der Waals surface area (Å²) in [6.07, 6.45) is 4.51. The van der Waals surface area contributed by atoms with E-state index in [0.29, 0.717) is 24.1 Å². The summed E-state index contributed by atoms with van der Waals surface area (Å²) in [7, 11) is -3.67. The molecule has 1 aliphatic carbocycles. The quantitative estimate of drug-likeness (QED) is 0.615. The largest absolute Gasteiger partial charge is 0.335 e. The molecule has 1 aliphatic heterocycles. The number of piperazine rings is 1. The molecule has 152 valence electrons. The number of fused-ring (bicyclic) bond motifs is 2. The summed E-state index contributed by atoms with van der Waals surface area (Å²) in [6, 6.07) is 7.07. The Hall–Kier alpha value is -1.88. The Balaban J connectivity index is 1.31. The Bertz CT molecular complexity index is 1150. The number of aromatic nitrogens is 2. The van der Waals surface area contributed by atoms with Crippen LogP contribution in [-0.2, 0) is 22.9 Å². The van der Waals surface area contributed by atoms with Crippen LogP contribution in [0.4, 0.5) is 0 Å². The molecule has 10 heteroatoms. The third-order valence-corrected chi connectivity index (χ3v) is 9.30. The number of nitrogens with zero attached hydrogens (tertiary/aromatic N) is 4. The van der Waals surface area contributed by atoms with Crippen LogP contribution in [0.25, 0.3) is 11.0 Å². The van der Waals surface area contributed by atoms with Crippen LogP contribution < -0.4 is 0 Å². The maximum atomic E-state index is 13.1. The number of rotatable bonds is 3. The van der Waals surface area contributed by atoms with Gasteiger partial charge in [-0.25, -0.2) is 8.42 Å². The average molecular weight is 449 g/mol. The molecule has 2 aliphatic rings. The molecule has 1 fully saturated rings. The zero-order chi connectivity index (χ0) is 20.0. The van der Waals surface area contributed by atoms with Gasteiger partial charge in [0.2, 0.25) is 10.0 Å². The molecule has 2 aromatic heterocycles. The lowest BCUT2D eigenvalue weighted by Crippen LogP contribution is -2.50. The molecule has 1 amide bonds. The Kier molecular flexibility index (Phi) is 4.89. The molecule has 0 radical (unpaired) electrons. The molecule has 0 unspecified atom stereocenters. The van der Waals surface area contributed by atoms with Gasteiger partial charge in [-0.15, -0.1) is 11.3 Å². The van der Waals surface area contributed by atoms with E-state index in [0.717, 1.165) is 29.4 Å². The maximum Gasteiger partial charge on any atom is 0.264 e. The van der Waals surface area contributed by atoms with Crippen molar-refractivity contribution in [3.05, 3.63) is 39.6 Å². The fourth-order valence-electron chi connectivity index (χ4n) is 4.01. The summed E-state index contributed by atoms with van der Waals surface area (Å²) < 4.78 is 36.0. The normalized spacial score (nSPS) is 18.1. The van der Waals surface area contributed by atoms with Crippen molar-refractivity contribution in [1.82, 2.24) is 18.0 Å². The standard InChI is InChI=1S/C19H20N4O3S3/c24-19(16-12-13-4-1-2-6-15(13)27-16)22-8-10-23(11-9-22)29(25,26)17-7-3-5-14-18(17)21-28-20-14/h3,5,7,12H,1-2,4,6,8-11H2. The molecule has 0 bridgehead atoms. The predicted molar refractivity (Wildman–Crippen MR) is 113 cm³/mol. The molecule has 0 spiro atoms. The summed E-state index contributed by atoms with van der Waals surface area (Å²) in [5.74, 6) is 0.0206. The number of carbonyl (C=O) groups excluding carboxylic acids is 1. The third-order valence-electron chi connectivity index (χ3n) is 5.60. The first-order valence-electron chi connectivity index (χ1n) is 9.66. The molecule has 7 nitrogen and oxygen atoms in total. The summed E-state index contributed by atoms with van der Waals surface area (Å²) in [5.41, 5.74) is 2.32. The van der Waals surface area contributed by atoms with Crippen LogP contribution in [0.15, 0.2) is 29.2 Å². The molecule has 0 N–H and O–H groups in total. The van der Waals surface area contributed by atoms with Crippen LogP contribution in [0.2, 0.25) is 0 Å². The van der Waals surface area contributed by atoms with Gasteiger partial charge in [0, 0.05) is 31.1 Å². The van der Waals surface area contributed by atoms with Gasteiger partial charge in [0.05, 0.1) is 16.6 Å². The number of carbonyl (C=O) groups is 1. The van der Waals surface area contributed by atoms with E-state index in [4.69, 9.17) is 0 Å². The number of thiophene rings is 1. The molecule has 1 saturated heterocycles. The fourth-order valence-corrected chi connectivity index (χ4v) is 7.41. The van der Waals surface area contributed by atoms with Gasteiger partial charge < -0.3 is 4.90 Å². The lowest BCUT2D eigenvalue weighted by atomic mass is 9.99. The minimum Gasteiger partial charge on any atom is -0.335 e. The van der Waals surface area contributed by atoms with Crippen LogP contribution in [0, 0.1) is 0 Å². The number of hydrogen-bond acceptors (Lipinski definition) is 7. The van der Waals surface area contributed by atoms with Gasteiger partial charge in [0.1, 0.15) is 15.9 Å². The Labute approximate surface area is 177 Å². The first kappa shape index (κ1) is 19.1. The summed E-state index contributed by atoms with van der Waals surface area (Å²) in [6.45, 7) is 1.36. The second-order valence-electron chi connectivity index (χ2n) is 7.35. The van der Waals surface area contributed by atoms with Crippen molar-refractivity contribution in [2.75, 3.05) is 26.2 Å². The maximum absolute atomic E-state index is 13.1. The number of hydrogen-bond donors (Lipinski definition) is 0. The SMILES string of the molecule is O=C(c1cc2c(s1)CCCC2)N1CCN(S(=O)(=O)c2cccc3nsnc23)CC1. The van der Waals surface area contributed by atoms with E-state index in [1.54, 1.807) is 34.4 Å². The Morgan fingerprint density at radius 3 is 2.62 bits per heavy atom. The second kappa shape index (κ2) is 7.42. The lowest BCUT2D eigenvalue weighted by Gasteiger charge is -2.33. The third kappa shape index (κ3) is 3.37. The monoisotopic (exact) mass is 448 g/mol. The Morgan fingerprint density at radius 2 is 1.83 bits per heavy atom.